The van der Waals surface area contributed by atoms with Crippen LogP contribution >= 0.6 is 0 Å². The average molecular weight is 138 g/mol. The Morgan fingerprint density at radius 2 is 1.78 bits per heavy atom. The molecule has 0 fully saturated rings. The summed E-state index contributed by atoms with van der Waals surface area (Å²) in [5.41, 5.74) is 0. The zero-order valence-corrected chi connectivity index (χ0v) is 4.74. The van der Waals surface area contributed by atoms with Gasteiger partial charge in [0.15, 0.2) is 5.34 Å². The summed E-state index contributed by atoms with van der Waals surface area (Å²) in [5, 5.41) is 23.0. The summed E-state index contributed by atoms with van der Waals surface area (Å²) in [7, 11) is 0. The van der Waals surface area contributed by atoms with Gasteiger partial charge in [0, 0.05) is 0 Å². The molecule has 0 rings (SSSR count). The van der Waals surface area contributed by atoms with E-state index in [2.05, 4.69) is 0 Å². The topological polar surface area (TPSA) is 109 Å². The first-order chi connectivity index (χ1) is 4.06. The molecule has 0 spiro atoms. The molecule has 0 aromatic carbocycles. The lowest BCUT2D eigenvalue weighted by atomic mass is 10.4. The Bertz CT molecular complexity index is 90.2. The molecule has 0 heterocycles. The Morgan fingerprint density at radius 3 is 1.78 bits per heavy atom. The van der Waals surface area contributed by atoms with E-state index in [1.807, 2.05) is 0 Å². The molecule has 9 heavy (non-hydrogen) atoms. The second-order valence-corrected chi connectivity index (χ2v) is 1.11. The van der Waals surface area contributed by atoms with Gasteiger partial charge in [-0.25, -0.2) is 10.0 Å². The molecule has 1 atom stereocenters. The molecule has 54 valence electrons. The predicted octanol–water partition coefficient (Wildman–Crippen LogP) is -2.33. The zero-order valence-electron chi connectivity index (χ0n) is 4.74. The van der Waals surface area contributed by atoms with E-state index < -0.39 is 12.1 Å². The number of aliphatic hydroxyl groups excluding tert-OH is 1. The Balaban J connectivity index is 0. The third-order valence-electron chi connectivity index (χ3n) is 0.357. The van der Waals surface area contributed by atoms with Gasteiger partial charge in [-0.3, -0.25) is 0 Å². The maximum Gasteiger partial charge on any atom is 0.332 e. The monoisotopic (exact) mass is 138 g/mol. The molecule has 0 aromatic heterocycles. The summed E-state index contributed by atoms with van der Waals surface area (Å²) >= 11 is 0. The molecule has 0 aliphatic carbocycles. The smallest absolute Gasteiger partial charge is 0.332 e. The minimum absolute atomic E-state index is 0.500. The van der Waals surface area contributed by atoms with E-state index in [-0.39, 0.29) is 0 Å². The van der Waals surface area contributed by atoms with E-state index in [4.69, 9.17) is 20.3 Å². The van der Waals surface area contributed by atoms with Gasteiger partial charge in [0.05, 0.1) is 4.91 Å². The van der Waals surface area contributed by atoms with Crippen molar-refractivity contribution in [2.45, 2.75) is 13.0 Å². The van der Waals surface area contributed by atoms with E-state index in [0.29, 0.717) is 5.34 Å². The molecule has 1 unspecified atom stereocenters. The zero-order chi connectivity index (χ0) is 7.86. The van der Waals surface area contributed by atoms with Crippen LogP contribution in [-0.4, -0.2) is 27.5 Å². The number of carboxylic acids is 1. The van der Waals surface area contributed by atoms with Crippen LogP contribution in [0.3, 0.4) is 0 Å². The highest BCUT2D eigenvalue weighted by atomic mass is 16.6. The summed E-state index contributed by atoms with van der Waals surface area (Å²) < 4.78 is 0. The quantitative estimate of drug-likeness (QED) is 0.304. The van der Waals surface area contributed by atoms with Crippen molar-refractivity contribution in [3.8, 4) is 0 Å². The molecule has 0 radical (unpaired) electrons. The highest BCUT2D eigenvalue weighted by molar-refractivity contribution is 5.71. The Kier molecular flexibility index (Phi) is 8.16. The van der Waals surface area contributed by atoms with Gasteiger partial charge in [0.25, 0.3) is 0 Å². The molecule has 4 N–H and O–H groups in total. The summed E-state index contributed by atoms with van der Waals surface area (Å²) in [6.07, 6.45) is -1.23. The number of rotatable bonds is 1. The second kappa shape index (κ2) is 6.83. The van der Waals surface area contributed by atoms with Gasteiger partial charge < -0.3 is 10.2 Å². The molecule has 0 bridgehead atoms. The van der Waals surface area contributed by atoms with Gasteiger partial charge in [-0.15, -0.1) is 0 Å². The predicted molar refractivity (Wildman–Crippen MR) is 25.4 cm³/mol. The highest BCUT2D eigenvalue weighted by Crippen LogP contribution is 1.73. The maximum atomic E-state index is 9.45. The lowest BCUT2D eigenvalue weighted by Crippen LogP contribution is -2.58. The van der Waals surface area contributed by atoms with Crippen molar-refractivity contribution < 1.29 is 25.6 Å². The third-order valence-corrected chi connectivity index (χ3v) is 0.357. The van der Waals surface area contributed by atoms with Crippen molar-refractivity contribution >= 4 is 5.97 Å². The maximum absolute atomic E-state index is 9.45. The van der Waals surface area contributed by atoms with Crippen LogP contribution in [0.25, 0.3) is 0 Å². The fourth-order valence-electron chi connectivity index (χ4n) is 0. The van der Waals surface area contributed by atoms with E-state index in [1.165, 1.54) is 6.92 Å². The number of carboxylic acid groups (broad SMARTS) is 1. The first-order valence-corrected chi connectivity index (χ1v) is 1.98. The SMILES string of the molecule is CC(O)C(=O)O.O=[NH+]O. The number of carbonyl (C=O) groups is 1. The largest absolute Gasteiger partial charge is 0.479 e. The van der Waals surface area contributed by atoms with Crippen LogP contribution in [-0.2, 0) is 4.79 Å². The number of aliphatic hydroxyl groups is 1. The minimum Gasteiger partial charge on any atom is -0.479 e. The normalized spacial score (nSPS) is 10.4. The lowest BCUT2D eigenvalue weighted by molar-refractivity contribution is -0.755. The second-order valence-electron chi connectivity index (χ2n) is 1.11. The van der Waals surface area contributed by atoms with Crippen molar-refractivity contribution in [3.05, 3.63) is 4.91 Å². The molecular weight excluding hydrogens is 130 g/mol. The molecule has 0 aromatic rings. The van der Waals surface area contributed by atoms with Gasteiger partial charge in [-0.2, -0.15) is 0 Å². The van der Waals surface area contributed by atoms with Gasteiger partial charge >= 0.3 is 5.97 Å². The van der Waals surface area contributed by atoms with Crippen LogP contribution in [0.1, 0.15) is 6.92 Å². The average Bonchev–Trinajstić information content (AvgIpc) is 1.68. The molecule has 0 amide bonds. The molecule has 0 aliphatic rings. The van der Waals surface area contributed by atoms with Crippen molar-refractivity contribution in [2.75, 3.05) is 0 Å². The number of hydrogen-bond acceptors (Lipinski definition) is 3. The van der Waals surface area contributed by atoms with Crippen LogP contribution in [0.15, 0.2) is 0 Å². The Labute approximate surface area is 50.7 Å². The number of nitrogens with one attached hydrogen (secondary N) is 1. The van der Waals surface area contributed by atoms with Crippen molar-refractivity contribution in [1.82, 2.24) is 0 Å². The molecule has 6 heteroatoms. The van der Waals surface area contributed by atoms with Crippen LogP contribution in [0.2, 0.25) is 0 Å². The van der Waals surface area contributed by atoms with E-state index in [9.17, 15) is 4.79 Å². The number of aliphatic carboxylic acids is 1. The highest BCUT2D eigenvalue weighted by Gasteiger charge is 2.01. The van der Waals surface area contributed by atoms with Gasteiger partial charge in [0.2, 0.25) is 0 Å². The van der Waals surface area contributed by atoms with E-state index in [1.54, 1.807) is 0 Å². The molecule has 0 saturated carbocycles. The van der Waals surface area contributed by atoms with Crippen LogP contribution in [0.4, 0.5) is 0 Å². The summed E-state index contributed by atoms with van der Waals surface area (Å²) in [4.78, 5) is 17.7. The lowest BCUT2D eigenvalue weighted by Gasteiger charge is -1.89. The first-order valence-electron chi connectivity index (χ1n) is 1.98. The molecular formula is C3H8NO5+. The van der Waals surface area contributed by atoms with Crippen molar-refractivity contribution in [3.63, 3.8) is 0 Å². The summed E-state index contributed by atoms with van der Waals surface area (Å²) in [6, 6.07) is 0. The van der Waals surface area contributed by atoms with Crippen LogP contribution < -0.4 is 5.34 Å². The molecule has 0 aliphatic heterocycles. The van der Waals surface area contributed by atoms with Gasteiger partial charge in [0.1, 0.15) is 6.10 Å². The van der Waals surface area contributed by atoms with Gasteiger partial charge in [-0.1, -0.05) is 0 Å². The van der Waals surface area contributed by atoms with E-state index >= 15 is 0 Å². The van der Waals surface area contributed by atoms with Crippen molar-refractivity contribution in [2.24, 2.45) is 0 Å². The van der Waals surface area contributed by atoms with Crippen LogP contribution in [0, 0.1) is 4.91 Å². The third kappa shape index (κ3) is 19.9. The first kappa shape index (κ1) is 10.7. The minimum atomic E-state index is -1.23. The molecule has 6 nitrogen and oxygen atoms in total. The molecule has 0 saturated heterocycles. The van der Waals surface area contributed by atoms with Crippen LogP contribution in [0.5, 0.6) is 0 Å². The summed E-state index contributed by atoms with van der Waals surface area (Å²) in [6.45, 7) is 1.20. The Hall–Kier alpha value is -1.17. The van der Waals surface area contributed by atoms with Gasteiger partial charge in [-0.05, 0) is 6.92 Å². The van der Waals surface area contributed by atoms with E-state index in [0.717, 1.165) is 0 Å². The standard InChI is InChI=1S/C3H6O3.HNO2/c1-2(4)3(5)6;2-1-3/h2,4H,1H3,(H,5,6);1H/p+1. The fraction of sp³-hybridized carbons (Fsp3) is 0.667. The fourth-order valence-corrected chi connectivity index (χ4v) is 0. The number of hydrogen-bond donors (Lipinski definition) is 4. The Morgan fingerprint density at radius 1 is 1.67 bits per heavy atom. The summed E-state index contributed by atoms with van der Waals surface area (Å²) in [5.74, 6) is -1.19. The van der Waals surface area contributed by atoms with Crippen molar-refractivity contribution in [1.29, 1.82) is 0 Å².